The Labute approximate surface area is 173 Å². The van der Waals surface area contributed by atoms with E-state index in [1.165, 1.54) is 12.8 Å². The molecule has 1 aliphatic carbocycles. The molecule has 0 saturated heterocycles. The summed E-state index contributed by atoms with van der Waals surface area (Å²) < 4.78 is 1.74. The second-order valence-electron chi connectivity index (χ2n) is 9.17. The molecular weight excluding hydrogens is 362 g/mol. The van der Waals surface area contributed by atoms with Crippen molar-refractivity contribution < 1.29 is 4.79 Å². The number of amides is 1. The van der Waals surface area contributed by atoms with Crippen molar-refractivity contribution in [3.63, 3.8) is 0 Å². The molecule has 1 aliphatic rings. The first-order valence-corrected chi connectivity index (χ1v) is 11.2. The third-order valence-corrected chi connectivity index (χ3v) is 6.21. The number of benzene rings is 1. The van der Waals surface area contributed by atoms with Gasteiger partial charge in [0.15, 0.2) is 0 Å². The summed E-state index contributed by atoms with van der Waals surface area (Å²) in [7, 11) is 0. The van der Waals surface area contributed by atoms with E-state index in [0.717, 1.165) is 43.5 Å². The van der Waals surface area contributed by atoms with Crippen molar-refractivity contribution >= 4 is 16.8 Å². The van der Waals surface area contributed by atoms with E-state index >= 15 is 0 Å². The Kier molecular flexibility index (Phi) is 7.45. The third-order valence-electron chi connectivity index (χ3n) is 6.21. The van der Waals surface area contributed by atoms with E-state index in [9.17, 15) is 9.59 Å². The van der Waals surface area contributed by atoms with Gasteiger partial charge in [0.05, 0.1) is 17.2 Å². The molecule has 1 N–H and O–H groups in total. The Balaban J connectivity index is 1.47. The molecule has 1 heterocycles. The molecule has 1 atom stereocenters. The number of aromatic nitrogens is 2. The van der Waals surface area contributed by atoms with E-state index in [1.807, 2.05) is 24.3 Å². The molecule has 1 saturated carbocycles. The first kappa shape index (κ1) is 21.5. The van der Waals surface area contributed by atoms with Crippen LogP contribution in [0.25, 0.3) is 10.9 Å². The van der Waals surface area contributed by atoms with Crippen LogP contribution in [0.3, 0.4) is 0 Å². The molecule has 5 nitrogen and oxygen atoms in total. The first-order chi connectivity index (χ1) is 13.9. The second-order valence-corrected chi connectivity index (χ2v) is 9.17. The average Bonchev–Trinajstić information content (AvgIpc) is 2.70. The second kappa shape index (κ2) is 10.0. The van der Waals surface area contributed by atoms with Crippen LogP contribution in [-0.2, 0) is 11.3 Å². The lowest BCUT2D eigenvalue weighted by atomic mass is 9.81. The molecule has 1 fully saturated rings. The fourth-order valence-corrected chi connectivity index (χ4v) is 4.39. The Morgan fingerprint density at radius 1 is 1.14 bits per heavy atom. The van der Waals surface area contributed by atoms with Crippen LogP contribution < -0.4 is 10.9 Å². The minimum Gasteiger partial charge on any atom is -0.353 e. The van der Waals surface area contributed by atoms with Gasteiger partial charge in [0, 0.05) is 18.5 Å². The van der Waals surface area contributed by atoms with Crippen molar-refractivity contribution in [1.82, 2.24) is 14.9 Å². The van der Waals surface area contributed by atoms with Gasteiger partial charge in [-0.25, -0.2) is 4.98 Å². The van der Waals surface area contributed by atoms with Gasteiger partial charge in [0.25, 0.3) is 5.56 Å². The van der Waals surface area contributed by atoms with Gasteiger partial charge in [-0.3, -0.25) is 14.2 Å². The van der Waals surface area contributed by atoms with Gasteiger partial charge in [-0.1, -0.05) is 38.8 Å². The number of carbonyl (C=O) groups is 1. The van der Waals surface area contributed by atoms with Gasteiger partial charge in [0.2, 0.25) is 5.91 Å². The van der Waals surface area contributed by atoms with Gasteiger partial charge in [0.1, 0.15) is 0 Å². The molecule has 0 radical (unpaired) electrons. The number of nitrogens with one attached hydrogen (secondary N) is 1. The minimum absolute atomic E-state index is 0.0330. The predicted octanol–water partition coefficient (Wildman–Crippen LogP) is 4.53. The lowest BCUT2D eigenvalue weighted by Crippen LogP contribution is -2.39. The maximum Gasteiger partial charge on any atom is 0.261 e. The SMILES string of the molecule is CC(C)CCC[C@H](C)NC(=O)C1CCC(Cn2cnc3ccccc3c2=O)CC1. The molecule has 0 unspecified atom stereocenters. The van der Waals surface area contributed by atoms with E-state index < -0.39 is 0 Å². The van der Waals surface area contributed by atoms with Crippen molar-refractivity contribution in [2.45, 2.75) is 78.3 Å². The van der Waals surface area contributed by atoms with Crippen LogP contribution in [0.4, 0.5) is 0 Å². The number of rotatable bonds is 8. The maximum absolute atomic E-state index is 12.7. The number of hydrogen-bond acceptors (Lipinski definition) is 3. The highest BCUT2D eigenvalue weighted by atomic mass is 16.2. The smallest absolute Gasteiger partial charge is 0.261 e. The highest BCUT2D eigenvalue weighted by Crippen LogP contribution is 2.30. The summed E-state index contributed by atoms with van der Waals surface area (Å²) >= 11 is 0. The molecule has 29 heavy (non-hydrogen) atoms. The molecule has 158 valence electrons. The van der Waals surface area contributed by atoms with E-state index in [4.69, 9.17) is 0 Å². The van der Waals surface area contributed by atoms with Gasteiger partial charge >= 0.3 is 0 Å². The molecule has 1 aromatic heterocycles. The highest BCUT2D eigenvalue weighted by Gasteiger charge is 2.27. The lowest BCUT2D eigenvalue weighted by molar-refractivity contribution is -0.126. The number of para-hydroxylation sites is 1. The fraction of sp³-hybridized carbons (Fsp3) is 0.625. The molecule has 1 aromatic carbocycles. The van der Waals surface area contributed by atoms with Crippen LogP contribution in [0.5, 0.6) is 0 Å². The van der Waals surface area contributed by atoms with Crippen LogP contribution in [0.2, 0.25) is 0 Å². The third kappa shape index (κ3) is 5.91. The maximum atomic E-state index is 12.7. The normalized spacial score (nSPS) is 20.7. The largest absolute Gasteiger partial charge is 0.353 e. The standard InChI is InChI=1S/C24H35N3O2/c1-17(2)7-6-8-18(3)26-23(28)20-13-11-19(12-14-20)15-27-16-25-22-10-5-4-9-21(22)24(27)29/h4-5,9-10,16-20H,6-8,11-15H2,1-3H3,(H,26,28)/t18-,19?,20?/m0/s1. The van der Waals surface area contributed by atoms with Crippen LogP contribution in [0.1, 0.15) is 65.7 Å². The van der Waals surface area contributed by atoms with Gasteiger partial charge in [-0.05, 0) is 63.0 Å². The molecule has 3 rings (SSSR count). The Morgan fingerprint density at radius 3 is 2.59 bits per heavy atom. The van der Waals surface area contributed by atoms with Crippen molar-refractivity contribution in [3.8, 4) is 0 Å². The number of hydrogen-bond donors (Lipinski definition) is 1. The quantitative estimate of drug-likeness (QED) is 0.711. The van der Waals surface area contributed by atoms with Crippen LogP contribution in [0.15, 0.2) is 35.4 Å². The van der Waals surface area contributed by atoms with Gasteiger partial charge in [-0.15, -0.1) is 0 Å². The molecule has 2 aromatic rings. The predicted molar refractivity (Wildman–Crippen MR) is 118 cm³/mol. The molecule has 0 spiro atoms. The summed E-state index contributed by atoms with van der Waals surface area (Å²) in [4.78, 5) is 29.7. The number of nitrogens with zero attached hydrogens (tertiary/aromatic N) is 2. The molecule has 0 bridgehead atoms. The first-order valence-electron chi connectivity index (χ1n) is 11.2. The topological polar surface area (TPSA) is 64.0 Å². The van der Waals surface area contributed by atoms with Gasteiger partial charge < -0.3 is 5.32 Å². The van der Waals surface area contributed by atoms with Crippen molar-refractivity contribution in [3.05, 3.63) is 40.9 Å². The minimum atomic E-state index is 0.0330. The summed E-state index contributed by atoms with van der Waals surface area (Å²) in [5.41, 5.74) is 0.780. The summed E-state index contributed by atoms with van der Waals surface area (Å²) in [6, 6.07) is 7.74. The molecule has 1 amide bonds. The van der Waals surface area contributed by atoms with Crippen molar-refractivity contribution in [2.24, 2.45) is 17.8 Å². The lowest BCUT2D eigenvalue weighted by Gasteiger charge is -2.29. The zero-order valence-corrected chi connectivity index (χ0v) is 18.1. The molecule has 0 aliphatic heterocycles. The Hall–Kier alpha value is -2.17. The van der Waals surface area contributed by atoms with E-state index in [-0.39, 0.29) is 23.4 Å². The zero-order chi connectivity index (χ0) is 20.8. The number of carbonyl (C=O) groups excluding carboxylic acids is 1. The number of fused-ring (bicyclic) bond motifs is 1. The summed E-state index contributed by atoms with van der Waals surface area (Å²) in [5.74, 6) is 1.48. The Morgan fingerprint density at radius 2 is 1.86 bits per heavy atom. The van der Waals surface area contributed by atoms with Crippen molar-refractivity contribution in [1.29, 1.82) is 0 Å². The van der Waals surface area contributed by atoms with Gasteiger partial charge in [-0.2, -0.15) is 0 Å². The zero-order valence-electron chi connectivity index (χ0n) is 18.1. The molecular formula is C24H35N3O2. The molecule has 5 heteroatoms. The van der Waals surface area contributed by atoms with E-state index in [0.29, 0.717) is 17.8 Å². The fourth-order valence-electron chi connectivity index (χ4n) is 4.39. The average molecular weight is 398 g/mol. The van der Waals surface area contributed by atoms with Crippen molar-refractivity contribution in [2.75, 3.05) is 0 Å². The summed E-state index contributed by atoms with van der Waals surface area (Å²) in [5, 5.41) is 3.89. The monoisotopic (exact) mass is 397 g/mol. The van der Waals surface area contributed by atoms with Crippen LogP contribution in [0, 0.1) is 17.8 Å². The highest BCUT2D eigenvalue weighted by molar-refractivity contribution is 5.79. The van der Waals surface area contributed by atoms with Crippen LogP contribution >= 0.6 is 0 Å². The van der Waals surface area contributed by atoms with E-state index in [2.05, 4.69) is 31.1 Å². The Bertz CT molecular complexity index is 866. The summed E-state index contributed by atoms with van der Waals surface area (Å²) in [6.45, 7) is 7.28. The van der Waals surface area contributed by atoms with Crippen LogP contribution in [-0.4, -0.2) is 21.5 Å². The van der Waals surface area contributed by atoms with E-state index in [1.54, 1.807) is 10.9 Å². The summed E-state index contributed by atoms with van der Waals surface area (Å²) in [6.07, 6.45) is 8.89.